The van der Waals surface area contributed by atoms with Crippen LogP contribution in [0, 0.1) is 17.0 Å². The lowest BCUT2D eigenvalue weighted by Crippen LogP contribution is -2.15. The van der Waals surface area contributed by atoms with Crippen LogP contribution in [0.25, 0.3) is 0 Å². The van der Waals surface area contributed by atoms with E-state index in [4.69, 9.17) is 5.73 Å². The number of nitrogens with one attached hydrogen (secondary N) is 1. The van der Waals surface area contributed by atoms with Gasteiger partial charge in [0.25, 0.3) is 11.6 Å². The number of anilines is 2. The fourth-order valence-electron chi connectivity index (χ4n) is 1.74. The van der Waals surface area contributed by atoms with Crippen LogP contribution in [0.5, 0.6) is 0 Å². The highest BCUT2D eigenvalue weighted by Gasteiger charge is 2.16. The van der Waals surface area contributed by atoms with Gasteiger partial charge < -0.3 is 11.1 Å². The van der Waals surface area contributed by atoms with Crippen molar-refractivity contribution >= 4 is 23.0 Å². The van der Waals surface area contributed by atoms with Gasteiger partial charge in [-0.1, -0.05) is 6.07 Å². The van der Waals surface area contributed by atoms with Crippen LogP contribution in [0.1, 0.15) is 15.9 Å². The Hall–Kier alpha value is -2.96. The van der Waals surface area contributed by atoms with Gasteiger partial charge in [0.05, 0.1) is 21.7 Å². The van der Waals surface area contributed by atoms with Crippen LogP contribution in [-0.2, 0) is 0 Å². The van der Waals surface area contributed by atoms with Crippen LogP contribution in [0.3, 0.4) is 0 Å². The highest BCUT2D eigenvalue weighted by Crippen LogP contribution is 2.25. The van der Waals surface area contributed by atoms with Gasteiger partial charge in [0.1, 0.15) is 0 Å². The normalized spacial score (nSPS) is 10.1. The van der Waals surface area contributed by atoms with Gasteiger partial charge in [0.2, 0.25) is 0 Å². The molecule has 0 aliphatic rings. The number of carbonyl (C=O) groups is 1. The lowest BCUT2D eigenvalue weighted by atomic mass is 10.1. The number of hydrogen-bond donors (Lipinski definition) is 2. The minimum absolute atomic E-state index is 0.0537. The number of nitrogens with two attached hydrogens (primary N) is 1. The Balaban J connectivity index is 2.32. The van der Waals surface area contributed by atoms with Crippen LogP contribution >= 0.6 is 0 Å². The number of pyridine rings is 1. The topological polar surface area (TPSA) is 111 Å². The quantitative estimate of drug-likeness (QED) is 0.656. The van der Waals surface area contributed by atoms with Crippen molar-refractivity contribution in [3.63, 3.8) is 0 Å². The number of hydrogen-bond acceptors (Lipinski definition) is 5. The van der Waals surface area contributed by atoms with Crippen molar-refractivity contribution in [1.29, 1.82) is 0 Å². The average Bonchev–Trinajstić information content (AvgIpc) is 2.41. The molecule has 102 valence electrons. The molecule has 0 spiro atoms. The number of aromatic nitrogens is 1. The molecule has 1 aromatic carbocycles. The Morgan fingerprint density at radius 1 is 1.40 bits per heavy atom. The fourth-order valence-corrected chi connectivity index (χ4v) is 1.74. The molecular weight excluding hydrogens is 260 g/mol. The van der Waals surface area contributed by atoms with Gasteiger partial charge in [0, 0.05) is 24.1 Å². The molecule has 2 rings (SSSR count). The van der Waals surface area contributed by atoms with Gasteiger partial charge in [-0.25, -0.2) is 0 Å². The maximum absolute atomic E-state index is 12.1. The second kappa shape index (κ2) is 5.35. The maximum Gasteiger partial charge on any atom is 0.274 e. The van der Waals surface area contributed by atoms with Gasteiger partial charge in [0.15, 0.2) is 0 Å². The predicted molar refractivity (Wildman–Crippen MR) is 74.4 cm³/mol. The molecule has 2 aromatic rings. The van der Waals surface area contributed by atoms with E-state index in [1.165, 1.54) is 30.6 Å². The Morgan fingerprint density at radius 3 is 2.80 bits per heavy atom. The fraction of sp³-hybridized carbons (Fsp3) is 0.0769. The molecule has 7 nitrogen and oxygen atoms in total. The first-order chi connectivity index (χ1) is 9.50. The maximum atomic E-state index is 12.1. The van der Waals surface area contributed by atoms with E-state index in [1.54, 1.807) is 13.0 Å². The minimum Gasteiger partial charge on any atom is -0.398 e. The number of nitro groups is 1. The molecule has 1 amide bonds. The van der Waals surface area contributed by atoms with Crippen molar-refractivity contribution in [3.8, 4) is 0 Å². The number of benzene rings is 1. The molecule has 0 unspecified atom stereocenters. The summed E-state index contributed by atoms with van der Waals surface area (Å²) in [5.41, 5.74) is 6.89. The minimum atomic E-state index is -0.497. The van der Waals surface area contributed by atoms with E-state index >= 15 is 0 Å². The van der Waals surface area contributed by atoms with E-state index in [2.05, 4.69) is 10.3 Å². The SMILES string of the molecule is Cc1c(NC(=O)c2cnccc2N)cccc1[N+](=O)[O-]. The summed E-state index contributed by atoms with van der Waals surface area (Å²) in [4.78, 5) is 26.2. The van der Waals surface area contributed by atoms with E-state index in [1.807, 2.05) is 0 Å². The summed E-state index contributed by atoms with van der Waals surface area (Å²) >= 11 is 0. The summed E-state index contributed by atoms with van der Waals surface area (Å²) in [5.74, 6) is -0.459. The Kier molecular flexibility index (Phi) is 3.60. The molecule has 0 aliphatic carbocycles. The highest BCUT2D eigenvalue weighted by atomic mass is 16.6. The van der Waals surface area contributed by atoms with Crippen molar-refractivity contribution in [2.75, 3.05) is 11.1 Å². The van der Waals surface area contributed by atoms with E-state index in [0.717, 1.165) is 0 Å². The number of rotatable bonds is 3. The van der Waals surface area contributed by atoms with Crippen LogP contribution < -0.4 is 11.1 Å². The summed E-state index contributed by atoms with van der Waals surface area (Å²) in [6, 6.07) is 5.98. The van der Waals surface area contributed by atoms with E-state index in [0.29, 0.717) is 16.9 Å². The molecule has 0 atom stereocenters. The molecule has 20 heavy (non-hydrogen) atoms. The molecule has 0 saturated heterocycles. The Morgan fingerprint density at radius 2 is 2.15 bits per heavy atom. The second-order valence-electron chi connectivity index (χ2n) is 4.12. The van der Waals surface area contributed by atoms with Crippen LogP contribution in [0.15, 0.2) is 36.7 Å². The zero-order valence-corrected chi connectivity index (χ0v) is 10.7. The summed E-state index contributed by atoms with van der Waals surface area (Å²) in [5, 5.41) is 13.4. The first kappa shape index (κ1) is 13.5. The Bertz CT molecular complexity index is 685. The molecule has 0 fully saturated rings. The zero-order chi connectivity index (χ0) is 14.7. The van der Waals surface area contributed by atoms with E-state index in [-0.39, 0.29) is 11.3 Å². The molecule has 1 aromatic heterocycles. The van der Waals surface area contributed by atoms with Gasteiger partial charge >= 0.3 is 0 Å². The summed E-state index contributed by atoms with van der Waals surface area (Å²) < 4.78 is 0. The number of nitrogens with zero attached hydrogens (tertiary/aromatic N) is 2. The average molecular weight is 272 g/mol. The van der Waals surface area contributed by atoms with Crippen molar-refractivity contribution in [1.82, 2.24) is 4.98 Å². The number of amides is 1. The third-order valence-corrected chi connectivity index (χ3v) is 2.85. The first-order valence-electron chi connectivity index (χ1n) is 5.75. The smallest absolute Gasteiger partial charge is 0.274 e. The molecule has 0 saturated carbocycles. The summed E-state index contributed by atoms with van der Waals surface area (Å²) in [6.45, 7) is 1.57. The largest absolute Gasteiger partial charge is 0.398 e. The molecule has 0 radical (unpaired) electrons. The molecule has 7 heteroatoms. The first-order valence-corrected chi connectivity index (χ1v) is 5.75. The summed E-state index contributed by atoms with van der Waals surface area (Å²) in [7, 11) is 0. The van der Waals surface area contributed by atoms with Crippen molar-refractivity contribution in [2.45, 2.75) is 6.92 Å². The van der Waals surface area contributed by atoms with Gasteiger partial charge in [-0.05, 0) is 19.1 Å². The summed E-state index contributed by atoms with van der Waals surface area (Å²) in [6.07, 6.45) is 2.82. The number of nitrogen functional groups attached to an aromatic ring is 1. The van der Waals surface area contributed by atoms with Crippen molar-refractivity contribution < 1.29 is 9.72 Å². The van der Waals surface area contributed by atoms with Crippen LogP contribution in [0.4, 0.5) is 17.1 Å². The van der Waals surface area contributed by atoms with E-state index in [9.17, 15) is 14.9 Å². The second-order valence-corrected chi connectivity index (χ2v) is 4.12. The molecule has 0 bridgehead atoms. The predicted octanol–water partition coefficient (Wildman–Crippen LogP) is 2.13. The van der Waals surface area contributed by atoms with Crippen LogP contribution in [0.2, 0.25) is 0 Å². The van der Waals surface area contributed by atoms with Crippen molar-refractivity contribution in [2.24, 2.45) is 0 Å². The monoisotopic (exact) mass is 272 g/mol. The highest BCUT2D eigenvalue weighted by molar-refractivity contribution is 6.07. The lowest BCUT2D eigenvalue weighted by molar-refractivity contribution is -0.385. The third kappa shape index (κ3) is 2.56. The van der Waals surface area contributed by atoms with Crippen molar-refractivity contribution in [3.05, 3.63) is 57.9 Å². The molecule has 0 aliphatic heterocycles. The van der Waals surface area contributed by atoms with Gasteiger partial charge in [-0.2, -0.15) is 0 Å². The van der Waals surface area contributed by atoms with Crippen LogP contribution in [-0.4, -0.2) is 15.8 Å². The number of carbonyl (C=O) groups excluding carboxylic acids is 1. The lowest BCUT2D eigenvalue weighted by Gasteiger charge is -2.09. The van der Waals surface area contributed by atoms with Gasteiger partial charge in [-0.3, -0.25) is 19.9 Å². The standard InChI is InChI=1S/C13H12N4O3/c1-8-11(3-2-4-12(8)17(19)20)16-13(18)9-7-15-6-5-10(9)14/h2-7H,1H3,(H2,14,15)(H,16,18). The molecule has 1 heterocycles. The number of nitro benzene ring substituents is 1. The third-order valence-electron chi connectivity index (χ3n) is 2.85. The van der Waals surface area contributed by atoms with E-state index < -0.39 is 10.8 Å². The van der Waals surface area contributed by atoms with Gasteiger partial charge in [-0.15, -0.1) is 0 Å². The molecule has 3 N–H and O–H groups in total. The Labute approximate surface area is 114 Å². The zero-order valence-electron chi connectivity index (χ0n) is 10.7. The molecular formula is C13H12N4O3.